The van der Waals surface area contributed by atoms with Gasteiger partial charge in [-0.15, -0.1) is 0 Å². The van der Waals surface area contributed by atoms with Crippen LogP contribution in [-0.2, 0) is 13.1 Å². The van der Waals surface area contributed by atoms with Crippen LogP contribution in [0.1, 0.15) is 29.6 Å². The Hall–Kier alpha value is -3.67. The molecule has 4 rings (SSSR count). The molecule has 0 saturated heterocycles. The van der Waals surface area contributed by atoms with Crippen LogP contribution in [0.5, 0.6) is 0 Å². The number of para-hydroxylation sites is 1. The van der Waals surface area contributed by atoms with Gasteiger partial charge in [0.05, 0.1) is 30.2 Å². The molecule has 0 atom stereocenters. The molecule has 158 valence electrons. The minimum atomic E-state index is 0.548. The zero-order valence-electron chi connectivity index (χ0n) is 18.3. The van der Waals surface area contributed by atoms with Crippen LogP contribution < -0.4 is 10.6 Å². The molecule has 0 spiro atoms. The number of nitrogens with zero attached hydrogens (tertiary/aromatic N) is 4. The van der Waals surface area contributed by atoms with E-state index in [1.165, 1.54) is 5.39 Å². The van der Waals surface area contributed by atoms with E-state index >= 15 is 0 Å². The van der Waals surface area contributed by atoms with Crippen LogP contribution in [0, 0.1) is 13.8 Å². The zero-order valence-corrected chi connectivity index (χ0v) is 18.3. The first-order chi connectivity index (χ1) is 15.2. The second-order valence-corrected chi connectivity index (χ2v) is 7.50. The molecule has 0 aliphatic carbocycles. The summed E-state index contributed by atoms with van der Waals surface area (Å²) in [5, 5.41) is 13.7. The number of guanidine groups is 1. The van der Waals surface area contributed by atoms with Gasteiger partial charge in [-0.1, -0.05) is 42.5 Å². The maximum Gasteiger partial charge on any atom is 0.191 e. The first-order valence-corrected chi connectivity index (χ1v) is 10.6. The van der Waals surface area contributed by atoms with Crippen molar-refractivity contribution >= 4 is 16.7 Å². The highest BCUT2D eigenvalue weighted by Crippen LogP contribution is 2.18. The first kappa shape index (κ1) is 20.6. The van der Waals surface area contributed by atoms with Crippen LogP contribution in [0.15, 0.2) is 71.9 Å². The van der Waals surface area contributed by atoms with E-state index < -0.39 is 0 Å². The minimum absolute atomic E-state index is 0.548. The van der Waals surface area contributed by atoms with Crippen molar-refractivity contribution in [2.24, 2.45) is 4.99 Å². The van der Waals surface area contributed by atoms with Crippen molar-refractivity contribution in [1.29, 1.82) is 0 Å². The van der Waals surface area contributed by atoms with Gasteiger partial charge in [0.25, 0.3) is 0 Å². The normalized spacial score (nSPS) is 11.6. The molecule has 0 bridgehead atoms. The number of pyridine rings is 1. The summed E-state index contributed by atoms with van der Waals surface area (Å²) in [7, 11) is 0. The van der Waals surface area contributed by atoms with Crippen molar-refractivity contribution in [3.8, 4) is 5.69 Å². The van der Waals surface area contributed by atoms with Gasteiger partial charge in [-0.3, -0.25) is 4.98 Å². The molecule has 4 aromatic rings. The monoisotopic (exact) mass is 412 g/mol. The van der Waals surface area contributed by atoms with Gasteiger partial charge in [0.15, 0.2) is 5.96 Å². The Morgan fingerprint density at radius 3 is 2.61 bits per heavy atom. The lowest BCUT2D eigenvalue weighted by atomic mass is 10.1. The van der Waals surface area contributed by atoms with Gasteiger partial charge in [-0.2, -0.15) is 5.10 Å². The number of benzene rings is 2. The van der Waals surface area contributed by atoms with E-state index in [4.69, 9.17) is 4.99 Å². The molecule has 0 amide bonds. The third kappa shape index (κ3) is 4.74. The molecule has 0 aliphatic heterocycles. The largest absolute Gasteiger partial charge is 0.357 e. The maximum absolute atomic E-state index is 4.83. The predicted octanol–water partition coefficient (Wildman–Crippen LogP) is 4.29. The summed E-state index contributed by atoms with van der Waals surface area (Å²) in [6.07, 6.45) is 1.86. The van der Waals surface area contributed by atoms with Gasteiger partial charge < -0.3 is 10.6 Å². The summed E-state index contributed by atoms with van der Waals surface area (Å²) in [5.41, 5.74) is 5.30. The van der Waals surface area contributed by atoms with Gasteiger partial charge in [0.2, 0.25) is 0 Å². The lowest BCUT2D eigenvalue weighted by Crippen LogP contribution is -2.37. The highest BCUT2D eigenvalue weighted by atomic mass is 15.3. The number of rotatable bonds is 6. The summed E-state index contributed by atoms with van der Waals surface area (Å²) >= 11 is 0. The summed E-state index contributed by atoms with van der Waals surface area (Å²) in [6.45, 7) is 8.09. The molecule has 2 aromatic heterocycles. The fraction of sp³-hybridized carbons (Fsp3) is 0.240. The number of aryl methyl sites for hydroxylation is 2. The Bertz CT molecular complexity index is 1200. The highest BCUT2D eigenvalue weighted by molar-refractivity contribution is 5.85. The molecular formula is C25H28N6. The zero-order chi connectivity index (χ0) is 21.6. The first-order valence-electron chi connectivity index (χ1n) is 10.6. The van der Waals surface area contributed by atoms with Gasteiger partial charge in [0.1, 0.15) is 0 Å². The SMILES string of the molecule is CCNC(=NCc1ccccc1-n1nc(C)cc1C)NCc1nccc2ccccc12. The van der Waals surface area contributed by atoms with E-state index in [1.54, 1.807) is 0 Å². The molecule has 0 unspecified atom stereocenters. The standard InChI is InChI=1S/C25H28N6/c1-4-26-25(29-17-23-22-11-7-5-9-20(22)13-14-27-23)28-16-21-10-6-8-12-24(21)31-19(3)15-18(2)30-31/h5-15H,4,16-17H2,1-3H3,(H2,26,28,29). The Balaban J connectivity index is 1.54. The lowest BCUT2D eigenvalue weighted by molar-refractivity contribution is 0.794. The Morgan fingerprint density at radius 2 is 1.81 bits per heavy atom. The smallest absolute Gasteiger partial charge is 0.191 e. The van der Waals surface area contributed by atoms with Crippen molar-refractivity contribution in [3.05, 3.63) is 89.5 Å². The van der Waals surface area contributed by atoms with E-state index in [9.17, 15) is 0 Å². The van der Waals surface area contributed by atoms with Crippen molar-refractivity contribution in [2.45, 2.75) is 33.9 Å². The quantitative estimate of drug-likeness (QED) is 0.366. The highest BCUT2D eigenvalue weighted by Gasteiger charge is 2.09. The van der Waals surface area contributed by atoms with Crippen LogP contribution in [0.3, 0.4) is 0 Å². The molecule has 0 radical (unpaired) electrons. The molecule has 31 heavy (non-hydrogen) atoms. The van der Waals surface area contributed by atoms with Crippen molar-refractivity contribution in [1.82, 2.24) is 25.4 Å². The fourth-order valence-electron chi connectivity index (χ4n) is 3.72. The van der Waals surface area contributed by atoms with Crippen molar-refractivity contribution in [3.63, 3.8) is 0 Å². The third-order valence-corrected chi connectivity index (χ3v) is 5.16. The van der Waals surface area contributed by atoms with E-state index in [1.807, 2.05) is 48.1 Å². The molecular weight excluding hydrogens is 384 g/mol. The van der Waals surface area contributed by atoms with Gasteiger partial charge in [-0.25, -0.2) is 9.67 Å². The number of nitrogens with one attached hydrogen (secondary N) is 2. The van der Waals surface area contributed by atoms with Crippen LogP contribution >= 0.6 is 0 Å². The van der Waals surface area contributed by atoms with E-state index in [2.05, 4.69) is 64.9 Å². The van der Waals surface area contributed by atoms with Crippen LogP contribution in [0.2, 0.25) is 0 Å². The van der Waals surface area contributed by atoms with E-state index in [0.717, 1.165) is 46.2 Å². The average Bonchev–Trinajstić information content (AvgIpc) is 3.13. The molecule has 2 heterocycles. The maximum atomic E-state index is 4.83. The third-order valence-electron chi connectivity index (χ3n) is 5.16. The number of aliphatic imine (C=N–C) groups is 1. The van der Waals surface area contributed by atoms with Gasteiger partial charge in [0, 0.05) is 23.8 Å². The van der Waals surface area contributed by atoms with Crippen LogP contribution in [-0.4, -0.2) is 27.3 Å². The van der Waals surface area contributed by atoms with E-state index in [-0.39, 0.29) is 0 Å². The lowest BCUT2D eigenvalue weighted by Gasteiger charge is -2.14. The number of fused-ring (bicyclic) bond motifs is 1. The molecule has 0 saturated carbocycles. The summed E-state index contributed by atoms with van der Waals surface area (Å²) in [5.74, 6) is 0.764. The van der Waals surface area contributed by atoms with Gasteiger partial charge >= 0.3 is 0 Å². The Morgan fingerprint density at radius 1 is 1.00 bits per heavy atom. The van der Waals surface area contributed by atoms with Crippen LogP contribution in [0.4, 0.5) is 0 Å². The van der Waals surface area contributed by atoms with E-state index in [0.29, 0.717) is 13.1 Å². The summed E-state index contributed by atoms with van der Waals surface area (Å²) in [4.78, 5) is 9.39. The molecule has 0 fully saturated rings. The van der Waals surface area contributed by atoms with Gasteiger partial charge in [-0.05, 0) is 49.9 Å². The van der Waals surface area contributed by atoms with Crippen LogP contribution in [0.25, 0.3) is 16.5 Å². The molecule has 2 aromatic carbocycles. The second-order valence-electron chi connectivity index (χ2n) is 7.50. The molecule has 0 aliphatic rings. The fourth-order valence-corrected chi connectivity index (χ4v) is 3.72. The number of aromatic nitrogens is 3. The molecule has 2 N–H and O–H groups in total. The topological polar surface area (TPSA) is 67.1 Å². The summed E-state index contributed by atoms with van der Waals surface area (Å²) < 4.78 is 1.99. The average molecular weight is 413 g/mol. The predicted molar refractivity (Wildman–Crippen MR) is 126 cm³/mol. The van der Waals surface area contributed by atoms with Crippen molar-refractivity contribution < 1.29 is 0 Å². The Labute approximate surface area is 183 Å². The van der Waals surface area contributed by atoms with Crippen molar-refractivity contribution in [2.75, 3.05) is 6.54 Å². The number of hydrogen-bond donors (Lipinski definition) is 2. The summed E-state index contributed by atoms with van der Waals surface area (Å²) in [6, 6.07) is 20.7. The second kappa shape index (κ2) is 9.43. The molecule has 6 nitrogen and oxygen atoms in total. The Kier molecular flexibility index (Phi) is 6.26. The number of hydrogen-bond acceptors (Lipinski definition) is 3. The molecule has 6 heteroatoms. The minimum Gasteiger partial charge on any atom is -0.357 e.